The van der Waals surface area contributed by atoms with Gasteiger partial charge >= 0.3 is 0 Å². The lowest BCUT2D eigenvalue weighted by molar-refractivity contribution is -0.137. The molecule has 2 aromatic rings. The fraction of sp³-hybridized carbons (Fsp3) is 0.520. The second kappa shape index (κ2) is 10.3. The average molecular weight is 452 g/mol. The van der Waals surface area contributed by atoms with Gasteiger partial charge in [0.05, 0.1) is 12.2 Å². The molecule has 2 aliphatic heterocycles. The van der Waals surface area contributed by atoms with Crippen LogP contribution in [0.4, 0.5) is 0 Å². The Morgan fingerprint density at radius 2 is 1.48 bits per heavy atom. The first-order valence-electron chi connectivity index (χ1n) is 11.8. The van der Waals surface area contributed by atoms with Crippen LogP contribution < -0.4 is 5.56 Å². The molecule has 3 heterocycles. The number of rotatable bonds is 5. The Labute approximate surface area is 194 Å². The number of piperazine rings is 1. The minimum absolute atomic E-state index is 0.0814. The summed E-state index contributed by atoms with van der Waals surface area (Å²) < 4.78 is 1.24. The third kappa shape index (κ3) is 5.87. The molecule has 2 saturated heterocycles. The third-order valence-corrected chi connectivity index (χ3v) is 6.53. The average Bonchev–Trinajstić information content (AvgIpc) is 2.81. The summed E-state index contributed by atoms with van der Waals surface area (Å²) in [4.78, 5) is 43.8. The van der Waals surface area contributed by atoms with Crippen molar-refractivity contribution in [1.82, 2.24) is 24.5 Å². The molecule has 2 amide bonds. The number of likely N-dealkylation sites (tertiary alicyclic amines) is 1. The van der Waals surface area contributed by atoms with Crippen LogP contribution in [0.5, 0.6) is 0 Å². The maximum absolute atomic E-state index is 12.8. The zero-order valence-electron chi connectivity index (χ0n) is 19.5. The molecule has 8 nitrogen and oxygen atoms in total. The zero-order valence-corrected chi connectivity index (χ0v) is 19.5. The molecule has 0 saturated carbocycles. The summed E-state index contributed by atoms with van der Waals surface area (Å²) in [5.74, 6) is 1.15. The Kier molecular flexibility index (Phi) is 7.23. The van der Waals surface area contributed by atoms with Gasteiger partial charge in [0.2, 0.25) is 11.8 Å². The van der Waals surface area contributed by atoms with Gasteiger partial charge in [0.25, 0.3) is 5.56 Å². The molecule has 0 N–H and O–H groups in total. The van der Waals surface area contributed by atoms with E-state index in [2.05, 4.69) is 23.8 Å². The van der Waals surface area contributed by atoms with E-state index in [9.17, 15) is 14.4 Å². The van der Waals surface area contributed by atoms with Gasteiger partial charge in [0, 0.05) is 50.9 Å². The largest absolute Gasteiger partial charge is 0.341 e. The molecule has 1 aromatic heterocycles. The summed E-state index contributed by atoms with van der Waals surface area (Å²) in [6.45, 7) is 8.82. The normalized spacial score (nSPS) is 21.8. The lowest BCUT2D eigenvalue weighted by Crippen LogP contribution is -2.53. The van der Waals surface area contributed by atoms with Crippen LogP contribution in [0.1, 0.15) is 20.3 Å². The van der Waals surface area contributed by atoms with Gasteiger partial charge in [-0.15, -0.1) is 0 Å². The van der Waals surface area contributed by atoms with Crippen LogP contribution in [-0.2, 0) is 16.1 Å². The molecule has 0 radical (unpaired) electrons. The van der Waals surface area contributed by atoms with Gasteiger partial charge in [-0.3, -0.25) is 19.3 Å². The monoisotopic (exact) mass is 451 g/mol. The predicted octanol–water partition coefficient (Wildman–Crippen LogP) is 1.56. The van der Waals surface area contributed by atoms with Gasteiger partial charge in [0.1, 0.15) is 6.54 Å². The Bertz CT molecular complexity index is 1020. The highest BCUT2D eigenvalue weighted by atomic mass is 16.2. The van der Waals surface area contributed by atoms with E-state index in [1.54, 1.807) is 11.0 Å². The molecule has 0 spiro atoms. The van der Waals surface area contributed by atoms with Crippen LogP contribution in [0.2, 0.25) is 0 Å². The van der Waals surface area contributed by atoms with Crippen LogP contribution in [0.15, 0.2) is 47.3 Å². The minimum Gasteiger partial charge on any atom is -0.341 e. The van der Waals surface area contributed by atoms with Crippen molar-refractivity contribution in [2.24, 2.45) is 11.8 Å². The number of hydrogen-bond acceptors (Lipinski definition) is 5. The van der Waals surface area contributed by atoms with Crippen molar-refractivity contribution in [3.05, 3.63) is 52.8 Å². The van der Waals surface area contributed by atoms with Crippen molar-refractivity contribution in [2.45, 2.75) is 26.8 Å². The molecule has 0 aliphatic carbocycles. The summed E-state index contributed by atoms with van der Waals surface area (Å²) in [5, 5.41) is 4.39. The minimum atomic E-state index is -0.294. The van der Waals surface area contributed by atoms with Crippen molar-refractivity contribution in [1.29, 1.82) is 0 Å². The van der Waals surface area contributed by atoms with Crippen LogP contribution in [-0.4, -0.2) is 82.1 Å². The van der Waals surface area contributed by atoms with Crippen molar-refractivity contribution in [3.63, 3.8) is 0 Å². The fourth-order valence-corrected chi connectivity index (χ4v) is 4.87. The molecule has 2 fully saturated rings. The van der Waals surface area contributed by atoms with Crippen molar-refractivity contribution in [2.75, 3.05) is 45.8 Å². The first-order valence-corrected chi connectivity index (χ1v) is 11.8. The molecule has 1 aromatic carbocycles. The van der Waals surface area contributed by atoms with E-state index in [1.807, 2.05) is 35.2 Å². The molecule has 0 bridgehead atoms. The fourth-order valence-electron chi connectivity index (χ4n) is 4.87. The molecule has 2 unspecified atom stereocenters. The van der Waals surface area contributed by atoms with Gasteiger partial charge < -0.3 is 9.80 Å². The summed E-state index contributed by atoms with van der Waals surface area (Å²) in [5.41, 5.74) is 1.26. The number of carbonyl (C=O) groups excluding carboxylic acids is 2. The number of hydrogen-bond donors (Lipinski definition) is 0. The van der Waals surface area contributed by atoms with Crippen molar-refractivity contribution in [3.8, 4) is 11.3 Å². The second-order valence-electron chi connectivity index (χ2n) is 9.48. The van der Waals surface area contributed by atoms with Gasteiger partial charge in [-0.1, -0.05) is 44.2 Å². The molecule has 176 valence electrons. The highest BCUT2D eigenvalue weighted by Gasteiger charge is 2.28. The molecule has 4 rings (SSSR count). The van der Waals surface area contributed by atoms with Crippen molar-refractivity contribution >= 4 is 11.8 Å². The van der Waals surface area contributed by atoms with E-state index >= 15 is 0 Å². The van der Waals surface area contributed by atoms with Gasteiger partial charge in [-0.25, -0.2) is 4.68 Å². The SMILES string of the molecule is CC1CC(C)CN(C(=O)CN2CCN(C(=O)Cn3nc(-c4ccccc4)ccc3=O)CC2)C1. The van der Waals surface area contributed by atoms with Crippen LogP contribution in [0.25, 0.3) is 11.3 Å². The first kappa shape index (κ1) is 23.2. The van der Waals surface area contributed by atoms with E-state index in [-0.39, 0.29) is 23.9 Å². The summed E-state index contributed by atoms with van der Waals surface area (Å²) in [6.07, 6.45) is 1.18. The predicted molar refractivity (Wildman–Crippen MR) is 126 cm³/mol. The Morgan fingerprint density at radius 3 is 2.15 bits per heavy atom. The summed E-state index contributed by atoms with van der Waals surface area (Å²) in [7, 11) is 0. The molecular formula is C25H33N5O3. The number of benzene rings is 1. The van der Waals surface area contributed by atoms with Gasteiger partial charge in [-0.2, -0.15) is 5.10 Å². The molecule has 2 aliphatic rings. The Morgan fingerprint density at radius 1 is 0.848 bits per heavy atom. The van der Waals surface area contributed by atoms with Crippen LogP contribution in [0.3, 0.4) is 0 Å². The summed E-state index contributed by atoms with van der Waals surface area (Å²) in [6, 6.07) is 12.7. The third-order valence-electron chi connectivity index (χ3n) is 6.53. The van der Waals surface area contributed by atoms with E-state index in [0.29, 0.717) is 50.3 Å². The molecular weight excluding hydrogens is 418 g/mol. The molecule has 2 atom stereocenters. The van der Waals surface area contributed by atoms with Gasteiger partial charge in [-0.05, 0) is 24.3 Å². The van der Waals surface area contributed by atoms with E-state index in [1.165, 1.54) is 17.2 Å². The maximum Gasteiger partial charge on any atom is 0.267 e. The maximum atomic E-state index is 12.8. The lowest BCUT2D eigenvalue weighted by Gasteiger charge is -2.38. The van der Waals surface area contributed by atoms with Gasteiger partial charge in [0.15, 0.2) is 0 Å². The Hall–Kier alpha value is -3.00. The highest BCUT2D eigenvalue weighted by Crippen LogP contribution is 2.21. The van der Waals surface area contributed by atoms with Crippen molar-refractivity contribution < 1.29 is 9.59 Å². The van der Waals surface area contributed by atoms with E-state index < -0.39 is 0 Å². The summed E-state index contributed by atoms with van der Waals surface area (Å²) >= 11 is 0. The number of nitrogens with zero attached hydrogens (tertiary/aromatic N) is 5. The Balaban J connectivity index is 1.30. The number of amides is 2. The second-order valence-corrected chi connectivity index (χ2v) is 9.48. The van der Waals surface area contributed by atoms with E-state index in [0.717, 1.165) is 18.7 Å². The number of aromatic nitrogens is 2. The highest BCUT2D eigenvalue weighted by molar-refractivity contribution is 5.78. The smallest absolute Gasteiger partial charge is 0.267 e. The van der Waals surface area contributed by atoms with Crippen LogP contribution in [0, 0.1) is 11.8 Å². The number of carbonyl (C=O) groups is 2. The molecule has 33 heavy (non-hydrogen) atoms. The standard InChI is InChI=1S/C25H33N5O3/c1-19-14-20(2)16-29(15-19)24(32)17-27-10-12-28(13-11-27)25(33)18-30-23(31)9-8-22(26-30)21-6-4-3-5-7-21/h3-9,19-20H,10-18H2,1-2H3. The van der Waals surface area contributed by atoms with E-state index in [4.69, 9.17) is 0 Å². The first-order chi connectivity index (χ1) is 15.9. The lowest BCUT2D eigenvalue weighted by atomic mass is 9.92. The zero-order chi connectivity index (χ0) is 23.4. The quantitative estimate of drug-likeness (QED) is 0.689. The number of piperidine rings is 1. The topological polar surface area (TPSA) is 78.8 Å². The van der Waals surface area contributed by atoms with Crippen LogP contribution >= 0.6 is 0 Å². The molecule has 8 heteroatoms.